The summed E-state index contributed by atoms with van der Waals surface area (Å²) < 4.78 is 15.9. The van der Waals surface area contributed by atoms with Crippen LogP contribution < -0.4 is 14.2 Å². The molecule has 3 aromatic rings. The van der Waals surface area contributed by atoms with Crippen LogP contribution in [0.4, 0.5) is 0 Å². The Balaban J connectivity index is 1.39. The lowest BCUT2D eigenvalue weighted by Gasteiger charge is -2.06. The van der Waals surface area contributed by atoms with Crippen LogP contribution in [0.5, 0.6) is 17.2 Å². The van der Waals surface area contributed by atoms with Crippen LogP contribution in [-0.4, -0.2) is 18.5 Å². The zero-order valence-electron chi connectivity index (χ0n) is 12.7. The fraction of sp³-hybridized carbons (Fsp3) is 0.105. The summed E-state index contributed by atoms with van der Waals surface area (Å²) >= 11 is 1.46. The predicted molar refractivity (Wildman–Crippen MR) is 92.9 cm³/mol. The van der Waals surface area contributed by atoms with E-state index in [4.69, 9.17) is 14.2 Å². The molecule has 0 spiro atoms. The largest absolute Gasteiger partial charge is 0.454 e. The zero-order chi connectivity index (χ0) is 16.4. The quantitative estimate of drug-likeness (QED) is 0.404. The number of hydrogen-bond acceptors (Lipinski definition) is 5. The highest BCUT2D eigenvalue weighted by atomic mass is 32.2. The van der Waals surface area contributed by atoms with E-state index < -0.39 is 0 Å². The van der Waals surface area contributed by atoms with Crippen molar-refractivity contribution in [2.24, 2.45) is 0 Å². The SMILES string of the molecule is O=C(CSc1ccc2ccccc2c1)Oc1ccc2c(c1)OCO2. The first-order chi connectivity index (χ1) is 11.8. The maximum absolute atomic E-state index is 12.0. The summed E-state index contributed by atoms with van der Waals surface area (Å²) in [5.74, 6) is 1.67. The fourth-order valence-electron chi connectivity index (χ4n) is 2.50. The summed E-state index contributed by atoms with van der Waals surface area (Å²) in [4.78, 5) is 13.1. The number of rotatable bonds is 4. The van der Waals surface area contributed by atoms with Gasteiger partial charge in [-0.2, -0.15) is 0 Å². The highest BCUT2D eigenvalue weighted by Crippen LogP contribution is 2.35. The molecule has 0 unspecified atom stereocenters. The molecule has 4 nitrogen and oxygen atoms in total. The van der Waals surface area contributed by atoms with Gasteiger partial charge in [0.05, 0.1) is 5.75 Å². The van der Waals surface area contributed by atoms with Gasteiger partial charge in [0.15, 0.2) is 11.5 Å². The second-order valence-corrected chi connectivity index (χ2v) is 6.34. The van der Waals surface area contributed by atoms with Gasteiger partial charge in [0.2, 0.25) is 6.79 Å². The van der Waals surface area contributed by atoms with Gasteiger partial charge >= 0.3 is 5.97 Å². The van der Waals surface area contributed by atoms with Crippen LogP contribution in [0.25, 0.3) is 10.8 Å². The number of hydrogen-bond donors (Lipinski definition) is 0. The summed E-state index contributed by atoms with van der Waals surface area (Å²) in [5.41, 5.74) is 0. The molecule has 0 amide bonds. The molecular formula is C19H14O4S. The molecule has 4 rings (SSSR count). The van der Waals surface area contributed by atoms with Crippen LogP contribution in [0.15, 0.2) is 65.6 Å². The molecule has 0 atom stereocenters. The summed E-state index contributed by atoms with van der Waals surface area (Å²) in [6, 6.07) is 19.4. The Labute approximate surface area is 143 Å². The molecule has 0 bridgehead atoms. The van der Waals surface area contributed by atoms with Crippen LogP contribution in [-0.2, 0) is 4.79 Å². The van der Waals surface area contributed by atoms with E-state index in [1.807, 2.05) is 18.2 Å². The van der Waals surface area contributed by atoms with Crippen LogP contribution in [0.1, 0.15) is 0 Å². The number of fused-ring (bicyclic) bond motifs is 2. The third-order valence-corrected chi connectivity index (χ3v) is 4.62. The normalized spacial score (nSPS) is 12.3. The Morgan fingerprint density at radius 3 is 2.71 bits per heavy atom. The lowest BCUT2D eigenvalue weighted by atomic mass is 10.1. The summed E-state index contributed by atoms with van der Waals surface area (Å²) in [6.45, 7) is 0.199. The molecule has 0 radical (unpaired) electrons. The van der Waals surface area contributed by atoms with Gasteiger partial charge in [-0.1, -0.05) is 30.3 Å². The van der Waals surface area contributed by atoms with Crippen molar-refractivity contribution >= 4 is 28.5 Å². The molecular weight excluding hydrogens is 324 g/mol. The maximum Gasteiger partial charge on any atom is 0.321 e. The minimum absolute atomic E-state index is 0.199. The summed E-state index contributed by atoms with van der Waals surface area (Å²) in [6.07, 6.45) is 0. The van der Waals surface area contributed by atoms with E-state index in [0.29, 0.717) is 17.2 Å². The Morgan fingerprint density at radius 1 is 0.958 bits per heavy atom. The number of ether oxygens (including phenoxy) is 3. The van der Waals surface area contributed by atoms with Gasteiger partial charge in [0, 0.05) is 11.0 Å². The molecule has 1 aliphatic rings. The van der Waals surface area contributed by atoms with E-state index in [9.17, 15) is 4.79 Å². The molecule has 0 N–H and O–H groups in total. The van der Waals surface area contributed by atoms with Crippen molar-refractivity contribution < 1.29 is 19.0 Å². The highest BCUT2D eigenvalue weighted by Gasteiger charge is 2.15. The molecule has 120 valence electrons. The molecule has 0 aliphatic carbocycles. The van der Waals surface area contributed by atoms with E-state index in [0.717, 1.165) is 10.3 Å². The first kappa shape index (κ1) is 14.9. The van der Waals surface area contributed by atoms with Crippen molar-refractivity contribution in [2.45, 2.75) is 4.90 Å². The summed E-state index contributed by atoms with van der Waals surface area (Å²) in [5, 5.41) is 2.34. The van der Waals surface area contributed by atoms with Gasteiger partial charge in [-0.05, 0) is 35.0 Å². The standard InChI is InChI=1S/C19H14O4S/c20-19(23-15-6-8-17-18(10-15)22-12-21-17)11-24-16-7-5-13-3-1-2-4-14(13)9-16/h1-10H,11-12H2. The van der Waals surface area contributed by atoms with Gasteiger partial charge in [0.25, 0.3) is 0 Å². The van der Waals surface area contributed by atoms with E-state index in [1.54, 1.807) is 18.2 Å². The van der Waals surface area contributed by atoms with Crippen molar-refractivity contribution in [3.8, 4) is 17.2 Å². The predicted octanol–water partition coefficient (Wildman–Crippen LogP) is 4.27. The summed E-state index contributed by atoms with van der Waals surface area (Å²) in [7, 11) is 0. The Morgan fingerprint density at radius 2 is 1.79 bits per heavy atom. The van der Waals surface area contributed by atoms with Crippen molar-refractivity contribution in [3.05, 3.63) is 60.7 Å². The third-order valence-electron chi connectivity index (χ3n) is 3.65. The van der Waals surface area contributed by atoms with Crippen LogP contribution in [0, 0.1) is 0 Å². The molecule has 1 heterocycles. The Bertz CT molecular complexity index is 907. The number of carbonyl (C=O) groups excluding carboxylic acids is 1. The van der Waals surface area contributed by atoms with Gasteiger partial charge in [0.1, 0.15) is 5.75 Å². The average Bonchev–Trinajstić information content (AvgIpc) is 3.07. The molecule has 3 aromatic carbocycles. The van der Waals surface area contributed by atoms with Gasteiger partial charge in [-0.3, -0.25) is 4.79 Å². The lowest BCUT2D eigenvalue weighted by Crippen LogP contribution is -2.10. The van der Waals surface area contributed by atoms with Gasteiger partial charge in [-0.25, -0.2) is 0 Å². The second-order valence-electron chi connectivity index (χ2n) is 5.29. The Hall–Kier alpha value is -2.66. The Kier molecular flexibility index (Phi) is 4.01. The molecule has 1 aliphatic heterocycles. The molecule has 0 fully saturated rings. The van der Waals surface area contributed by atoms with Crippen LogP contribution in [0.3, 0.4) is 0 Å². The highest BCUT2D eigenvalue weighted by molar-refractivity contribution is 8.00. The number of esters is 1. The monoisotopic (exact) mass is 338 g/mol. The van der Waals surface area contributed by atoms with Gasteiger partial charge < -0.3 is 14.2 Å². The minimum Gasteiger partial charge on any atom is -0.454 e. The first-order valence-corrected chi connectivity index (χ1v) is 8.48. The van der Waals surface area contributed by atoms with Crippen molar-refractivity contribution in [1.29, 1.82) is 0 Å². The van der Waals surface area contributed by atoms with Crippen molar-refractivity contribution in [3.63, 3.8) is 0 Å². The fourth-order valence-corrected chi connectivity index (χ4v) is 3.22. The molecule has 24 heavy (non-hydrogen) atoms. The first-order valence-electron chi connectivity index (χ1n) is 7.50. The molecule has 0 saturated heterocycles. The minimum atomic E-state index is -0.299. The molecule has 5 heteroatoms. The van der Waals surface area contributed by atoms with Crippen molar-refractivity contribution in [2.75, 3.05) is 12.5 Å². The zero-order valence-corrected chi connectivity index (χ0v) is 13.5. The van der Waals surface area contributed by atoms with Gasteiger partial charge in [-0.15, -0.1) is 11.8 Å². The maximum atomic E-state index is 12.0. The average molecular weight is 338 g/mol. The van der Waals surface area contributed by atoms with Crippen LogP contribution in [0.2, 0.25) is 0 Å². The van der Waals surface area contributed by atoms with E-state index in [-0.39, 0.29) is 18.5 Å². The van der Waals surface area contributed by atoms with E-state index in [2.05, 4.69) is 24.3 Å². The molecule has 0 aromatic heterocycles. The van der Waals surface area contributed by atoms with Crippen LogP contribution >= 0.6 is 11.8 Å². The lowest BCUT2D eigenvalue weighted by molar-refractivity contribution is -0.131. The smallest absolute Gasteiger partial charge is 0.321 e. The van der Waals surface area contributed by atoms with E-state index >= 15 is 0 Å². The second kappa shape index (κ2) is 6.45. The molecule has 0 saturated carbocycles. The third kappa shape index (κ3) is 3.16. The number of carbonyl (C=O) groups is 1. The number of benzene rings is 3. The van der Waals surface area contributed by atoms with Crippen molar-refractivity contribution in [1.82, 2.24) is 0 Å². The number of thioether (sulfide) groups is 1. The van der Waals surface area contributed by atoms with E-state index in [1.165, 1.54) is 17.1 Å². The topological polar surface area (TPSA) is 44.8 Å².